The monoisotopic (exact) mass is 310 g/mol. The van der Waals surface area contributed by atoms with Gasteiger partial charge in [0.1, 0.15) is 0 Å². The van der Waals surface area contributed by atoms with Crippen LogP contribution in [0, 0.1) is 11.3 Å². The number of nitrogens with one attached hydrogen (secondary N) is 2. The molecule has 2 fully saturated rings. The first-order chi connectivity index (χ1) is 10.4. The van der Waals surface area contributed by atoms with E-state index < -0.39 is 0 Å². The minimum absolute atomic E-state index is 0.0973. The smallest absolute Gasteiger partial charge is 0.321 e. The van der Waals surface area contributed by atoms with Gasteiger partial charge in [-0.1, -0.05) is 26.7 Å². The SMILES string of the molecule is CC1CCCCC1NC(=O)NC(=O)CN1CCC(C)(CN)C1. The van der Waals surface area contributed by atoms with Crippen LogP contribution >= 0.6 is 0 Å². The van der Waals surface area contributed by atoms with E-state index in [2.05, 4.69) is 29.4 Å². The van der Waals surface area contributed by atoms with Gasteiger partial charge in [0.25, 0.3) is 0 Å². The van der Waals surface area contributed by atoms with E-state index >= 15 is 0 Å². The number of amides is 3. The highest BCUT2D eigenvalue weighted by atomic mass is 16.2. The van der Waals surface area contributed by atoms with Crippen LogP contribution in [0.1, 0.15) is 46.0 Å². The average Bonchev–Trinajstić information content (AvgIpc) is 2.83. The summed E-state index contributed by atoms with van der Waals surface area (Å²) in [4.78, 5) is 26.0. The Balaban J connectivity index is 1.71. The van der Waals surface area contributed by atoms with Crippen molar-refractivity contribution in [3.8, 4) is 0 Å². The first-order valence-electron chi connectivity index (χ1n) is 8.45. The third-order valence-electron chi connectivity index (χ3n) is 5.18. The molecule has 0 aromatic heterocycles. The van der Waals surface area contributed by atoms with Gasteiger partial charge in [0.15, 0.2) is 0 Å². The van der Waals surface area contributed by atoms with Crippen LogP contribution in [0.25, 0.3) is 0 Å². The van der Waals surface area contributed by atoms with E-state index in [4.69, 9.17) is 5.73 Å². The van der Waals surface area contributed by atoms with Crippen molar-refractivity contribution >= 4 is 11.9 Å². The zero-order chi connectivity index (χ0) is 16.2. The molecule has 4 N–H and O–H groups in total. The maximum absolute atomic E-state index is 12.0. The molecule has 6 nitrogen and oxygen atoms in total. The number of hydrogen-bond donors (Lipinski definition) is 3. The Hall–Kier alpha value is -1.14. The molecule has 1 aliphatic heterocycles. The summed E-state index contributed by atoms with van der Waals surface area (Å²) in [7, 11) is 0. The fourth-order valence-corrected chi connectivity index (χ4v) is 3.53. The topological polar surface area (TPSA) is 87.5 Å². The molecule has 2 rings (SSSR count). The average molecular weight is 310 g/mol. The highest BCUT2D eigenvalue weighted by molar-refractivity contribution is 5.95. The summed E-state index contributed by atoms with van der Waals surface area (Å²) in [5, 5.41) is 5.40. The van der Waals surface area contributed by atoms with E-state index in [0.29, 0.717) is 12.5 Å². The lowest BCUT2D eigenvalue weighted by Gasteiger charge is -2.29. The third kappa shape index (κ3) is 4.68. The van der Waals surface area contributed by atoms with Gasteiger partial charge in [-0.3, -0.25) is 15.0 Å². The first kappa shape index (κ1) is 17.2. The van der Waals surface area contributed by atoms with Gasteiger partial charge in [0.2, 0.25) is 5.91 Å². The predicted molar refractivity (Wildman–Crippen MR) is 86.3 cm³/mol. The maximum Gasteiger partial charge on any atom is 0.321 e. The molecule has 22 heavy (non-hydrogen) atoms. The van der Waals surface area contributed by atoms with Gasteiger partial charge in [-0.15, -0.1) is 0 Å². The highest BCUT2D eigenvalue weighted by Gasteiger charge is 2.33. The van der Waals surface area contributed by atoms with Gasteiger partial charge in [0.05, 0.1) is 6.54 Å². The van der Waals surface area contributed by atoms with Crippen molar-refractivity contribution in [2.24, 2.45) is 17.1 Å². The molecular weight excluding hydrogens is 280 g/mol. The number of likely N-dealkylation sites (tertiary alicyclic amines) is 1. The van der Waals surface area contributed by atoms with Gasteiger partial charge in [-0.2, -0.15) is 0 Å². The fraction of sp³-hybridized carbons (Fsp3) is 0.875. The van der Waals surface area contributed by atoms with Gasteiger partial charge >= 0.3 is 6.03 Å². The fourth-order valence-electron chi connectivity index (χ4n) is 3.53. The second-order valence-electron chi connectivity index (χ2n) is 7.37. The molecule has 126 valence electrons. The van der Waals surface area contributed by atoms with Gasteiger partial charge in [-0.05, 0) is 43.7 Å². The molecule has 1 aliphatic carbocycles. The van der Waals surface area contributed by atoms with Crippen LogP contribution in [0.5, 0.6) is 0 Å². The number of urea groups is 1. The van der Waals surface area contributed by atoms with Crippen LogP contribution in [0.3, 0.4) is 0 Å². The number of nitrogens with zero attached hydrogens (tertiary/aromatic N) is 1. The van der Waals surface area contributed by atoms with E-state index in [-0.39, 0.29) is 29.9 Å². The van der Waals surface area contributed by atoms with Crippen LogP contribution < -0.4 is 16.4 Å². The largest absolute Gasteiger partial charge is 0.335 e. The van der Waals surface area contributed by atoms with E-state index in [0.717, 1.165) is 38.8 Å². The lowest BCUT2D eigenvalue weighted by Crippen LogP contribution is -2.49. The Morgan fingerprint density at radius 1 is 1.32 bits per heavy atom. The molecule has 3 atom stereocenters. The van der Waals surface area contributed by atoms with Gasteiger partial charge < -0.3 is 11.1 Å². The molecule has 0 radical (unpaired) electrons. The van der Waals surface area contributed by atoms with Crippen molar-refractivity contribution < 1.29 is 9.59 Å². The summed E-state index contributed by atoms with van der Waals surface area (Å²) in [6.07, 6.45) is 5.53. The predicted octanol–water partition coefficient (Wildman–Crippen LogP) is 1.06. The Labute approximate surface area is 133 Å². The molecule has 3 amide bonds. The Bertz CT molecular complexity index is 415. The van der Waals surface area contributed by atoms with Crippen molar-refractivity contribution in [3.05, 3.63) is 0 Å². The van der Waals surface area contributed by atoms with Crippen LogP contribution in [-0.4, -0.2) is 49.1 Å². The Morgan fingerprint density at radius 3 is 2.68 bits per heavy atom. The number of nitrogens with two attached hydrogens (primary N) is 1. The summed E-state index contributed by atoms with van der Waals surface area (Å²) in [5.74, 6) is 0.251. The number of imide groups is 1. The quantitative estimate of drug-likeness (QED) is 0.724. The summed E-state index contributed by atoms with van der Waals surface area (Å²) < 4.78 is 0. The van der Waals surface area contributed by atoms with Crippen molar-refractivity contribution in [2.75, 3.05) is 26.2 Å². The van der Waals surface area contributed by atoms with Crippen LogP contribution in [-0.2, 0) is 4.79 Å². The molecule has 0 bridgehead atoms. The molecule has 0 aromatic carbocycles. The van der Waals surface area contributed by atoms with Crippen molar-refractivity contribution in [1.82, 2.24) is 15.5 Å². The number of rotatable bonds is 4. The van der Waals surface area contributed by atoms with Crippen molar-refractivity contribution in [2.45, 2.75) is 52.0 Å². The molecule has 0 aromatic rings. The molecule has 1 saturated carbocycles. The number of carbonyl (C=O) groups excluding carboxylic acids is 2. The number of hydrogen-bond acceptors (Lipinski definition) is 4. The second-order valence-corrected chi connectivity index (χ2v) is 7.37. The van der Waals surface area contributed by atoms with Crippen LogP contribution in [0.4, 0.5) is 4.79 Å². The summed E-state index contributed by atoms with van der Waals surface area (Å²) in [6.45, 7) is 6.88. The van der Waals surface area contributed by atoms with Crippen molar-refractivity contribution in [1.29, 1.82) is 0 Å². The minimum Gasteiger partial charge on any atom is -0.335 e. The Kier molecular flexibility index (Phi) is 5.81. The standard InChI is InChI=1S/C16H30N4O2/c1-12-5-3-4-6-13(12)18-15(22)19-14(21)9-20-8-7-16(2,10-17)11-20/h12-13H,3-11,17H2,1-2H3,(H2,18,19,21,22). The summed E-state index contributed by atoms with van der Waals surface area (Å²) in [6, 6.07) is -0.168. The highest BCUT2D eigenvalue weighted by Crippen LogP contribution is 2.28. The molecule has 0 spiro atoms. The van der Waals surface area contributed by atoms with Crippen molar-refractivity contribution in [3.63, 3.8) is 0 Å². The van der Waals surface area contributed by atoms with Gasteiger partial charge in [0, 0.05) is 12.6 Å². The van der Waals surface area contributed by atoms with E-state index in [1.807, 2.05) is 0 Å². The lowest BCUT2D eigenvalue weighted by atomic mass is 9.86. The maximum atomic E-state index is 12.0. The first-order valence-corrected chi connectivity index (χ1v) is 8.45. The molecule has 3 unspecified atom stereocenters. The van der Waals surface area contributed by atoms with E-state index in [1.54, 1.807) is 0 Å². The summed E-state index contributed by atoms with van der Waals surface area (Å²) in [5.41, 5.74) is 5.86. The molecular formula is C16H30N4O2. The normalized spacial score (nSPS) is 32.7. The van der Waals surface area contributed by atoms with E-state index in [9.17, 15) is 9.59 Å². The minimum atomic E-state index is -0.357. The Morgan fingerprint density at radius 2 is 2.05 bits per heavy atom. The van der Waals surface area contributed by atoms with E-state index in [1.165, 1.54) is 6.42 Å². The molecule has 2 aliphatic rings. The molecule has 1 saturated heterocycles. The van der Waals surface area contributed by atoms with Crippen LogP contribution in [0.15, 0.2) is 0 Å². The van der Waals surface area contributed by atoms with Crippen LogP contribution in [0.2, 0.25) is 0 Å². The summed E-state index contributed by atoms with van der Waals surface area (Å²) >= 11 is 0. The van der Waals surface area contributed by atoms with Gasteiger partial charge in [-0.25, -0.2) is 4.79 Å². The lowest BCUT2D eigenvalue weighted by molar-refractivity contribution is -0.121. The number of carbonyl (C=O) groups is 2. The third-order valence-corrected chi connectivity index (χ3v) is 5.18. The zero-order valence-electron chi connectivity index (χ0n) is 13.9. The zero-order valence-corrected chi connectivity index (χ0v) is 13.9. The second kappa shape index (κ2) is 7.42. The molecule has 1 heterocycles. The molecule has 6 heteroatoms.